The molecular formula is C18H20N2O3. The normalized spacial score (nSPS) is 10.6. The van der Waals surface area contributed by atoms with Crippen LogP contribution in [0.4, 0.5) is 0 Å². The van der Waals surface area contributed by atoms with Gasteiger partial charge in [0.1, 0.15) is 11.5 Å². The van der Waals surface area contributed by atoms with Gasteiger partial charge in [-0.2, -0.15) is 5.10 Å². The van der Waals surface area contributed by atoms with Crippen LogP contribution in [0, 0.1) is 13.8 Å². The number of amides is 1. The fourth-order valence-electron chi connectivity index (χ4n) is 1.98. The maximum Gasteiger partial charge on any atom is 0.277 e. The quantitative estimate of drug-likeness (QED) is 0.659. The molecule has 0 spiro atoms. The number of nitrogens with zero attached hydrogens (tertiary/aromatic N) is 1. The van der Waals surface area contributed by atoms with E-state index in [0.29, 0.717) is 5.75 Å². The number of aryl methyl sites for hydroxylation is 2. The lowest BCUT2D eigenvalue weighted by molar-refractivity contribution is -0.123. The zero-order chi connectivity index (χ0) is 16.7. The molecule has 5 heteroatoms. The van der Waals surface area contributed by atoms with Crippen molar-refractivity contribution in [2.24, 2.45) is 5.10 Å². The predicted molar refractivity (Wildman–Crippen MR) is 90.1 cm³/mol. The summed E-state index contributed by atoms with van der Waals surface area (Å²) in [7, 11) is 1.63. The van der Waals surface area contributed by atoms with Gasteiger partial charge in [0.15, 0.2) is 6.61 Å². The fourth-order valence-corrected chi connectivity index (χ4v) is 1.98. The molecule has 0 heterocycles. The molecule has 0 aliphatic heterocycles. The Kier molecular flexibility index (Phi) is 5.74. The van der Waals surface area contributed by atoms with Gasteiger partial charge in [-0.15, -0.1) is 0 Å². The predicted octanol–water partition coefficient (Wildman–Crippen LogP) is 2.84. The van der Waals surface area contributed by atoms with Crippen LogP contribution in [0.1, 0.15) is 16.7 Å². The molecule has 2 aromatic rings. The highest BCUT2D eigenvalue weighted by atomic mass is 16.5. The molecular weight excluding hydrogens is 292 g/mol. The van der Waals surface area contributed by atoms with Crippen LogP contribution in [0.15, 0.2) is 47.6 Å². The highest BCUT2D eigenvalue weighted by Crippen LogP contribution is 2.17. The van der Waals surface area contributed by atoms with Gasteiger partial charge in [0.05, 0.1) is 13.3 Å². The minimum absolute atomic E-state index is 0.0813. The van der Waals surface area contributed by atoms with Gasteiger partial charge in [0.25, 0.3) is 5.91 Å². The van der Waals surface area contributed by atoms with Gasteiger partial charge in [0, 0.05) is 0 Å². The highest BCUT2D eigenvalue weighted by Gasteiger charge is 2.01. The topological polar surface area (TPSA) is 59.9 Å². The van der Waals surface area contributed by atoms with E-state index < -0.39 is 0 Å². The first-order chi connectivity index (χ1) is 11.1. The fraction of sp³-hybridized carbons (Fsp3) is 0.222. The number of benzene rings is 2. The Balaban J connectivity index is 1.81. The molecule has 0 aliphatic carbocycles. The molecule has 120 valence electrons. The third-order valence-corrected chi connectivity index (χ3v) is 3.21. The molecule has 0 atom stereocenters. The van der Waals surface area contributed by atoms with Gasteiger partial charge in [-0.1, -0.05) is 17.7 Å². The second-order valence-corrected chi connectivity index (χ2v) is 5.12. The first kappa shape index (κ1) is 16.5. The summed E-state index contributed by atoms with van der Waals surface area (Å²) in [5.41, 5.74) is 5.46. The average Bonchev–Trinajstić information content (AvgIpc) is 2.54. The molecule has 0 saturated carbocycles. The summed E-state index contributed by atoms with van der Waals surface area (Å²) in [5.74, 6) is 1.16. The molecule has 0 saturated heterocycles. The van der Waals surface area contributed by atoms with Crippen molar-refractivity contribution in [3.05, 3.63) is 59.2 Å². The molecule has 0 aromatic heterocycles. The number of carbonyl (C=O) groups is 1. The summed E-state index contributed by atoms with van der Waals surface area (Å²) in [6, 6.07) is 13.2. The molecule has 23 heavy (non-hydrogen) atoms. The Bertz CT molecular complexity index is 694. The number of ether oxygens (including phenoxy) is 2. The zero-order valence-corrected chi connectivity index (χ0v) is 13.5. The summed E-state index contributed by atoms with van der Waals surface area (Å²) in [5, 5.41) is 3.92. The Morgan fingerprint density at radius 1 is 1.17 bits per heavy atom. The number of hydrogen-bond donors (Lipinski definition) is 1. The number of carbonyl (C=O) groups excluding carboxylic acids is 1. The lowest BCUT2D eigenvalue weighted by atomic mass is 10.1. The maximum atomic E-state index is 11.7. The number of nitrogens with one attached hydrogen (secondary N) is 1. The van der Waals surface area contributed by atoms with Crippen LogP contribution in [0.2, 0.25) is 0 Å². The summed E-state index contributed by atoms with van der Waals surface area (Å²) in [6.45, 7) is 3.86. The van der Waals surface area contributed by atoms with Crippen LogP contribution in [-0.4, -0.2) is 25.8 Å². The maximum absolute atomic E-state index is 11.7. The van der Waals surface area contributed by atoms with E-state index in [1.807, 2.05) is 56.3 Å². The number of hydrazone groups is 1. The molecule has 0 fully saturated rings. The molecule has 0 unspecified atom stereocenters. The van der Waals surface area contributed by atoms with E-state index in [0.717, 1.165) is 22.4 Å². The van der Waals surface area contributed by atoms with E-state index >= 15 is 0 Å². The van der Waals surface area contributed by atoms with E-state index in [1.165, 1.54) is 0 Å². The van der Waals surface area contributed by atoms with Crippen molar-refractivity contribution in [2.75, 3.05) is 13.7 Å². The smallest absolute Gasteiger partial charge is 0.277 e. The van der Waals surface area contributed by atoms with Crippen molar-refractivity contribution in [3.63, 3.8) is 0 Å². The Hall–Kier alpha value is -2.82. The van der Waals surface area contributed by atoms with Crippen molar-refractivity contribution in [1.82, 2.24) is 5.43 Å². The molecule has 0 bridgehead atoms. The van der Waals surface area contributed by atoms with Crippen molar-refractivity contribution in [2.45, 2.75) is 13.8 Å². The number of hydrogen-bond acceptors (Lipinski definition) is 4. The monoisotopic (exact) mass is 312 g/mol. The first-order valence-corrected chi connectivity index (χ1v) is 7.24. The third kappa shape index (κ3) is 5.14. The second kappa shape index (κ2) is 7.98. The Labute approximate surface area is 135 Å². The van der Waals surface area contributed by atoms with Crippen molar-refractivity contribution in [1.29, 1.82) is 0 Å². The molecule has 2 aromatic carbocycles. The van der Waals surface area contributed by atoms with Crippen molar-refractivity contribution in [3.8, 4) is 11.5 Å². The van der Waals surface area contributed by atoms with Gasteiger partial charge < -0.3 is 9.47 Å². The lowest BCUT2D eigenvalue weighted by Crippen LogP contribution is -2.24. The molecule has 2 rings (SSSR count). The van der Waals surface area contributed by atoms with Gasteiger partial charge >= 0.3 is 0 Å². The molecule has 0 radical (unpaired) electrons. The van der Waals surface area contributed by atoms with E-state index in [2.05, 4.69) is 10.5 Å². The standard InChI is InChI=1S/C18H20N2O3/c1-13-4-7-16(8-5-13)23-12-18(21)20-19-11-15-6-9-17(22-3)14(2)10-15/h4-11H,12H2,1-3H3,(H,20,21). The number of rotatable bonds is 6. The molecule has 1 amide bonds. The summed E-state index contributed by atoms with van der Waals surface area (Å²) < 4.78 is 10.6. The summed E-state index contributed by atoms with van der Waals surface area (Å²) >= 11 is 0. The second-order valence-electron chi connectivity index (χ2n) is 5.12. The lowest BCUT2D eigenvalue weighted by Gasteiger charge is -2.05. The van der Waals surface area contributed by atoms with Crippen LogP contribution in [0.3, 0.4) is 0 Å². The Morgan fingerprint density at radius 3 is 2.57 bits per heavy atom. The minimum atomic E-state index is -0.313. The SMILES string of the molecule is COc1ccc(C=NNC(=O)COc2ccc(C)cc2)cc1C. The highest BCUT2D eigenvalue weighted by molar-refractivity contribution is 5.83. The Morgan fingerprint density at radius 2 is 1.91 bits per heavy atom. The molecule has 5 nitrogen and oxygen atoms in total. The van der Waals surface area contributed by atoms with Crippen LogP contribution < -0.4 is 14.9 Å². The van der Waals surface area contributed by atoms with E-state index in [1.54, 1.807) is 13.3 Å². The summed E-state index contributed by atoms with van der Waals surface area (Å²) in [4.78, 5) is 11.7. The molecule has 1 N–H and O–H groups in total. The molecule has 0 aliphatic rings. The third-order valence-electron chi connectivity index (χ3n) is 3.21. The van der Waals surface area contributed by atoms with E-state index in [9.17, 15) is 4.79 Å². The van der Waals surface area contributed by atoms with Gasteiger partial charge in [-0.3, -0.25) is 4.79 Å². The average molecular weight is 312 g/mol. The number of methoxy groups -OCH3 is 1. The van der Waals surface area contributed by atoms with Crippen LogP contribution in [0.5, 0.6) is 11.5 Å². The van der Waals surface area contributed by atoms with E-state index in [-0.39, 0.29) is 12.5 Å². The minimum Gasteiger partial charge on any atom is -0.496 e. The first-order valence-electron chi connectivity index (χ1n) is 7.24. The summed E-state index contributed by atoms with van der Waals surface area (Å²) in [6.07, 6.45) is 1.58. The van der Waals surface area contributed by atoms with Gasteiger partial charge in [0.2, 0.25) is 0 Å². The van der Waals surface area contributed by atoms with Crippen LogP contribution in [0.25, 0.3) is 0 Å². The van der Waals surface area contributed by atoms with E-state index in [4.69, 9.17) is 9.47 Å². The van der Waals surface area contributed by atoms with Gasteiger partial charge in [-0.05, 0) is 55.3 Å². The zero-order valence-electron chi connectivity index (χ0n) is 13.5. The van der Waals surface area contributed by atoms with Crippen LogP contribution in [-0.2, 0) is 4.79 Å². The van der Waals surface area contributed by atoms with Gasteiger partial charge in [-0.25, -0.2) is 5.43 Å². The van der Waals surface area contributed by atoms with Crippen molar-refractivity contribution >= 4 is 12.1 Å². The largest absolute Gasteiger partial charge is 0.496 e. The van der Waals surface area contributed by atoms with Crippen LogP contribution >= 0.6 is 0 Å². The van der Waals surface area contributed by atoms with Crippen molar-refractivity contribution < 1.29 is 14.3 Å².